The Labute approximate surface area is 138 Å². The number of para-hydroxylation sites is 1. The molecule has 0 spiro atoms. The van der Waals surface area contributed by atoms with E-state index in [0.29, 0.717) is 28.2 Å². The van der Waals surface area contributed by atoms with Crippen molar-refractivity contribution in [2.24, 2.45) is 0 Å². The molecular weight excluding hydrogens is 312 g/mol. The quantitative estimate of drug-likeness (QED) is 0.630. The largest absolute Gasteiger partial charge is 0.393 e. The van der Waals surface area contributed by atoms with Gasteiger partial charge in [-0.15, -0.1) is 0 Å². The third kappa shape index (κ3) is 3.32. The topological polar surface area (TPSA) is 88.8 Å². The van der Waals surface area contributed by atoms with Crippen LogP contribution in [0.4, 0.5) is 28.7 Å². The second kappa shape index (κ2) is 6.50. The highest BCUT2D eigenvalue weighted by atomic mass is 35.5. The summed E-state index contributed by atoms with van der Waals surface area (Å²) in [6.45, 7) is 2.01. The smallest absolute Gasteiger partial charge is 0.159 e. The van der Waals surface area contributed by atoms with Crippen molar-refractivity contribution in [1.29, 1.82) is 0 Å². The second-order valence-electron chi connectivity index (χ2n) is 4.89. The molecule has 0 saturated heterocycles. The number of nitrogens with one attached hydrogen (secondary N) is 2. The summed E-state index contributed by atoms with van der Waals surface area (Å²) in [5.41, 5.74) is 9.22. The molecule has 3 rings (SSSR count). The van der Waals surface area contributed by atoms with Crippen molar-refractivity contribution < 1.29 is 0 Å². The molecule has 6 nitrogen and oxygen atoms in total. The van der Waals surface area contributed by atoms with Gasteiger partial charge in [0.15, 0.2) is 16.8 Å². The molecule has 0 radical (unpaired) electrons. The number of hydrogen-bond acceptors (Lipinski definition) is 6. The Balaban J connectivity index is 1.90. The fourth-order valence-corrected chi connectivity index (χ4v) is 2.21. The number of benzene rings is 1. The zero-order valence-electron chi connectivity index (χ0n) is 12.4. The number of nitrogens with zero attached hydrogens (tertiary/aromatic N) is 3. The summed E-state index contributed by atoms with van der Waals surface area (Å²) in [4.78, 5) is 12.4. The van der Waals surface area contributed by atoms with Gasteiger partial charge in [-0.1, -0.05) is 29.8 Å². The van der Waals surface area contributed by atoms with Gasteiger partial charge in [0.05, 0.1) is 5.69 Å². The van der Waals surface area contributed by atoms with Gasteiger partial charge in [0.2, 0.25) is 0 Å². The fraction of sp³-hybridized carbons (Fsp3) is 0.0625. The van der Waals surface area contributed by atoms with Crippen molar-refractivity contribution in [2.45, 2.75) is 6.92 Å². The Kier molecular flexibility index (Phi) is 4.25. The zero-order valence-corrected chi connectivity index (χ0v) is 13.2. The number of hydrogen-bond donors (Lipinski definition) is 3. The Morgan fingerprint density at radius 2 is 1.57 bits per heavy atom. The molecule has 7 heteroatoms. The van der Waals surface area contributed by atoms with E-state index in [1.165, 1.54) is 6.33 Å². The standard InChI is InChI=1S/C16H15ClN6/c1-10-5-2-3-6-11(10)22-15-13(18)16(21-9-20-15)23-12-7-4-8-19-14(12)17/h2-9H,18H2,1H3,(H2,20,21,22,23). The first-order chi connectivity index (χ1) is 11.1. The molecule has 0 atom stereocenters. The van der Waals surface area contributed by atoms with E-state index in [9.17, 15) is 0 Å². The molecule has 0 unspecified atom stereocenters. The van der Waals surface area contributed by atoms with Crippen molar-refractivity contribution in [3.8, 4) is 0 Å². The van der Waals surface area contributed by atoms with Gasteiger partial charge in [0.1, 0.15) is 12.0 Å². The van der Waals surface area contributed by atoms with Gasteiger partial charge in [0.25, 0.3) is 0 Å². The first-order valence-electron chi connectivity index (χ1n) is 6.96. The van der Waals surface area contributed by atoms with Crippen LogP contribution in [-0.4, -0.2) is 15.0 Å². The van der Waals surface area contributed by atoms with Crippen LogP contribution in [-0.2, 0) is 0 Å². The first kappa shape index (κ1) is 15.1. The van der Waals surface area contributed by atoms with Crippen LogP contribution in [0.2, 0.25) is 5.15 Å². The summed E-state index contributed by atoms with van der Waals surface area (Å²) in [6.07, 6.45) is 3.05. The number of nitrogens with two attached hydrogens (primary N) is 1. The maximum Gasteiger partial charge on any atom is 0.159 e. The minimum absolute atomic E-state index is 0.346. The molecule has 0 amide bonds. The second-order valence-corrected chi connectivity index (χ2v) is 5.25. The molecule has 2 aromatic heterocycles. The van der Waals surface area contributed by atoms with E-state index < -0.39 is 0 Å². The van der Waals surface area contributed by atoms with Crippen molar-refractivity contribution in [2.75, 3.05) is 16.4 Å². The summed E-state index contributed by atoms with van der Waals surface area (Å²) in [5, 5.41) is 6.63. The van der Waals surface area contributed by atoms with E-state index in [4.69, 9.17) is 17.3 Å². The molecule has 0 aliphatic rings. The van der Waals surface area contributed by atoms with E-state index >= 15 is 0 Å². The molecule has 0 saturated carbocycles. The first-order valence-corrected chi connectivity index (χ1v) is 7.33. The monoisotopic (exact) mass is 326 g/mol. The molecule has 2 heterocycles. The lowest BCUT2D eigenvalue weighted by Crippen LogP contribution is -2.06. The lowest BCUT2D eigenvalue weighted by molar-refractivity contribution is 1.17. The van der Waals surface area contributed by atoms with Gasteiger partial charge in [0, 0.05) is 11.9 Å². The Morgan fingerprint density at radius 1 is 0.913 bits per heavy atom. The molecular formula is C16H15ClN6. The van der Waals surface area contributed by atoms with Crippen LogP contribution in [0.5, 0.6) is 0 Å². The number of rotatable bonds is 4. The zero-order chi connectivity index (χ0) is 16.2. The molecule has 0 aliphatic heterocycles. The van der Waals surface area contributed by atoms with E-state index in [2.05, 4.69) is 25.6 Å². The molecule has 0 aliphatic carbocycles. The number of anilines is 5. The number of pyridine rings is 1. The van der Waals surface area contributed by atoms with Crippen LogP contribution < -0.4 is 16.4 Å². The SMILES string of the molecule is Cc1ccccc1Nc1ncnc(Nc2cccnc2Cl)c1N. The van der Waals surface area contributed by atoms with Crippen LogP contribution in [0.1, 0.15) is 5.56 Å². The number of aryl methyl sites for hydroxylation is 1. The normalized spacial score (nSPS) is 10.3. The van der Waals surface area contributed by atoms with Gasteiger partial charge in [-0.2, -0.15) is 0 Å². The summed E-state index contributed by atoms with van der Waals surface area (Å²) < 4.78 is 0. The fourth-order valence-electron chi connectivity index (χ4n) is 2.04. The van der Waals surface area contributed by atoms with Crippen LogP contribution >= 0.6 is 11.6 Å². The van der Waals surface area contributed by atoms with Crippen LogP contribution in [0.15, 0.2) is 48.9 Å². The number of halogens is 1. The predicted molar refractivity (Wildman–Crippen MR) is 93.4 cm³/mol. The highest BCUT2D eigenvalue weighted by molar-refractivity contribution is 6.32. The average molecular weight is 327 g/mol. The summed E-state index contributed by atoms with van der Waals surface area (Å²) in [7, 11) is 0. The van der Waals surface area contributed by atoms with Crippen LogP contribution in [0.25, 0.3) is 0 Å². The van der Waals surface area contributed by atoms with E-state index in [-0.39, 0.29) is 0 Å². The van der Waals surface area contributed by atoms with Crippen molar-refractivity contribution in [1.82, 2.24) is 15.0 Å². The Morgan fingerprint density at radius 3 is 2.26 bits per heavy atom. The minimum Gasteiger partial charge on any atom is -0.393 e. The molecule has 4 N–H and O–H groups in total. The summed E-state index contributed by atoms with van der Waals surface area (Å²) >= 11 is 6.04. The Hall–Kier alpha value is -2.86. The van der Waals surface area contributed by atoms with E-state index in [1.54, 1.807) is 18.3 Å². The lowest BCUT2D eigenvalue weighted by Gasteiger charge is -2.14. The van der Waals surface area contributed by atoms with Crippen molar-refractivity contribution in [3.05, 3.63) is 59.6 Å². The maximum atomic E-state index is 6.17. The van der Waals surface area contributed by atoms with E-state index in [1.807, 2.05) is 31.2 Å². The van der Waals surface area contributed by atoms with Crippen molar-refractivity contribution >= 4 is 40.3 Å². The molecule has 23 heavy (non-hydrogen) atoms. The lowest BCUT2D eigenvalue weighted by atomic mass is 10.2. The average Bonchev–Trinajstić information content (AvgIpc) is 2.55. The van der Waals surface area contributed by atoms with Gasteiger partial charge in [-0.05, 0) is 30.7 Å². The van der Waals surface area contributed by atoms with Gasteiger partial charge in [-0.25, -0.2) is 15.0 Å². The van der Waals surface area contributed by atoms with Gasteiger partial charge >= 0.3 is 0 Å². The molecule has 0 bridgehead atoms. The third-order valence-corrected chi connectivity index (χ3v) is 3.60. The number of nitrogen functional groups attached to an aromatic ring is 1. The van der Waals surface area contributed by atoms with Crippen molar-refractivity contribution in [3.63, 3.8) is 0 Å². The number of aromatic nitrogens is 3. The van der Waals surface area contributed by atoms with Gasteiger partial charge < -0.3 is 16.4 Å². The minimum atomic E-state index is 0.346. The third-order valence-electron chi connectivity index (χ3n) is 3.29. The molecule has 1 aromatic carbocycles. The molecule has 116 valence electrons. The van der Waals surface area contributed by atoms with Crippen LogP contribution in [0.3, 0.4) is 0 Å². The molecule has 3 aromatic rings. The van der Waals surface area contributed by atoms with Gasteiger partial charge in [-0.3, -0.25) is 0 Å². The molecule has 0 fully saturated rings. The summed E-state index contributed by atoms with van der Waals surface area (Å²) in [5.74, 6) is 0.989. The van der Waals surface area contributed by atoms with Crippen LogP contribution in [0, 0.1) is 6.92 Å². The van der Waals surface area contributed by atoms with E-state index in [0.717, 1.165) is 11.3 Å². The Bertz CT molecular complexity index is 771. The maximum absolute atomic E-state index is 6.17. The highest BCUT2D eigenvalue weighted by Crippen LogP contribution is 2.30. The summed E-state index contributed by atoms with van der Waals surface area (Å²) in [6, 6.07) is 11.5. The highest BCUT2D eigenvalue weighted by Gasteiger charge is 2.11. The predicted octanol–water partition coefficient (Wildman–Crippen LogP) is 3.90.